The Balaban J connectivity index is 1.48. The summed E-state index contributed by atoms with van der Waals surface area (Å²) in [6.07, 6.45) is -4.38. The van der Waals surface area contributed by atoms with E-state index in [2.05, 4.69) is 9.97 Å². The molecule has 1 N–H and O–H groups in total. The van der Waals surface area contributed by atoms with Crippen LogP contribution in [0.5, 0.6) is 5.75 Å². The third kappa shape index (κ3) is 5.31. The molecule has 0 aliphatic rings. The highest BCUT2D eigenvalue weighted by molar-refractivity contribution is 7.18. The summed E-state index contributed by atoms with van der Waals surface area (Å²) in [5, 5.41) is 9.95. The van der Waals surface area contributed by atoms with Crippen molar-refractivity contribution in [1.82, 2.24) is 9.97 Å². The van der Waals surface area contributed by atoms with Crippen LogP contribution in [0.2, 0.25) is 0 Å². The average molecular weight is 497 g/mol. The number of aliphatic carboxylic acids is 1. The Hall–Kier alpha value is -3.05. The van der Waals surface area contributed by atoms with Crippen molar-refractivity contribution in [2.75, 3.05) is 0 Å². The number of aryl methyl sites for hydroxylation is 2. The van der Waals surface area contributed by atoms with Gasteiger partial charge in [-0.3, -0.25) is 4.79 Å². The van der Waals surface area contributed by atoms with E-state index in [1.54, 1.807) is 19.1 Å². The maximum atomic E-state index is 13.9. The van der Waals surface area contributed by atoms with E-state index in [1.165, 1.54) is 28.7 Å². The molecule has 0 bridgehead atoms. The molecule has 33 heavy (non-hydrogen) atoms. The van der Waals surface area contributed by atoms with Gasteiger partial charge in [0.25, 0.3) is 0 Å². The first kappa shape index (κ1) is 23.1. The van der Waals surface area contributed by atoms with Gasteiger partial charge in [-0.2, -0.15) is 13.2 Å². The summed E-state index contributed by atoms with van der Waals surface area (Å²) in [5.41, 5.74) is 0.353. The monoisotopic (exact) mass is 496 g/mol. The molecule has 11 heteroatoms. The van der Waals surface area contributed by atoms with Gasteiger partial charge in [-0.05, 0) is 37.3 Å². The molecule has 4 aromatic rings. The van der Waals surface area contributed by atoms with Crippen LogP contribution < -0.4 is 4.74 Å². The smallest absolute Gasteiger partial charge is 0.419 e. The van der Waals surface area contributed by atoms with Crippen LogP contribution in [0.1, 0.15) is 27.6 Å². The van der Waals surface area contributed by atoms with Crippen LogP contribution in [0, 0.1) is 12.7 Å². The number of rotatable bonds is 7. The van der Waals surface area contributed by atoms with E-state index in [0.717, 1.165) is 26.2 Å². The molecule has 0 atom stereocenters. The Morgan fingerprint density at radius 1 is 1.12 bits per heavy atom. The molecule has 0 radical (unpaired) electrons. The maximum absolute atomic E-state index is 13.9. The van der Waals surface area contributed by atoms with Crippen molar-refractivity contribution >= 4 is 38.9 Å². The molecule has 2 aromatic carbocycles. The van der Waals surface area contributed by atoms with E-state index in [-0.39, 0.29) is 18.6 Å². The summed E-state index contributed by atoms with van der Waals surface area (Å²) in [6.45, 7) is 1.93. The predicted molar refractivity (Wildman–Crippen MR) is 117 cm³/mol. The highest BCUT2D eigenvalue weighted by atomic mass is 32.1. The molecule has 4 rings (SSSR count). The molecule has 0 fully saturated rings. The van der Waals surface area contributed by atoms with Crippen LogP contribution in [0.25, 0.3) is 20.8 Å². The number of ether oxygens (including phenoxy) is 1. The number of hydrogen-bond donors (Lipinski definition) is 1. The Labute approximate surface area is 193 Å². The number of aromatic nitrogens is 2. The highest BCUT2D eigenvalue weighted by Crippen LogP contribution is 2.35. The van der Waals surface area contributed by atoms with Gasteiger partial charge in [0.15, 0.2) is 0 Å². The quantitative estimate of drug-likeness (QED) is 0.297. The SMILES string of the molecule is Cc1nc(-c2ccc(C(F)(F)F)c(F)c2)sc1COc1ccc2nc(CCC(=O)O)sc2c1. The lowest BCUT2D eigenvalue weighted by Gasteiger charge is -2.08. The van der Waals surface area contributed by atoms with E-state index in [9.17, 15) is 22.4 Å². The van der Waals surface area contributed by atoms with E-state index < -0.39 is 23.5 Å². The number of carboxylic acid groups (broad SMARTS) is 1. The number of nitrogens with zero attached hydrogens (tertiary/aromatic N) is 2. The molecule has 0 amide bonds. The van der Waals surface area contributed by atoms with Gasteiger partial charge in [0.05, 0.1) is 37.8 Å². The fraction of sp³-hybridized carbons (Fsp3) is 0.227. The van der Waals surface area contributed by atoms with Gasteiger partial charge in [0.1, 0.15) is 23.2 Å². The van der Waals surface area contributed by atoms with Crippen molar-refractivity contribution in [3.63, 3.8) is 0 Å². The van der Waals surface area contributed by atoms with E-state index in [4.69, 9.17) is 9.84 Å². The zero-order valence-electron chi connectivity index (χ0n) is 17.1. The Bertz CT molecular complexity index is 1330. The summed E-state index contributed by atoms with van der Waals surface area (Å²) in [5.74, 6) is -1.63. The summed E-state index contributed by atoms with van der Waals surface area (Å²) in [7, 11) is 0. The third-order valence-corrected chi connectivity index (χ3v) is 7.00. The number of alkyl halides is 3. The zero-order chi connectivity index (χ0) is 23.8. The largest absolute Gasteiger partial charge is 0.488 e. The maximum Gasteiger partial charge on any atom is 0.419 e. The molecule has 0 aliphatic carbocycles. The first-order chi connectivity index (χ1) is 15.6. The van der Waals surface area contributed by atoms with E-state index in [0.29, 0.717) is 28.9 Å². The molecule has 5 nitrogen and oxygen atoms in total. The first-order valence-corrected chi connectivity index (χ1v) is 11.3. The fourth-order valence-electron chi connectivity index (χ4n) is 3.08. The first-order valence-electron chi connectivity index (χ1n) is 9.67. The number of halogens is 4. The van der Waals surface area contributed by atoms with Crippen molar-refractivity contribution in [2.45, 2.75) is 32.5 Å². The van der Waals surface area contributed by atoms with Crippen molar-refractivity contribution in [3.8, 4) is 16.3 Å². The van der Waals surface area contributed by atoms with Crippen molar-refractivity contribution < 1.29 is 32.2 Å². The molecule has 0 spiro atoms. The molecule has 2 heterocycles. The standard InChI is InChI=1S/C22H16F4N2O3S2/c1-11-18(33-21(27-11)12-2-4-14(15(23)8-12)22(24,25)26)10-31-13-3-5-16-17(9-13)32-19(28-16)6-7-20(29)30/h2-5,8-9H,6-7,10H2,1H3,(H,29,30). The molecule has 0 saturated heterocycles. The van der Waals surface area contributed by atoms with E-state index >= 15 is 0 Å². The van der Waals surface area contributed by atoms with Gasteiger partial charge in [0, 0.05) is 12.0 Å². The highest BCUT2D eigenvalue weighted by Gasteiger charge is 2.34. The van der Waals surface area contributed by atoms with Crippen molar-refractivity contribution in [3.05, 3.63) is 63.4 Å². The third-order valence-electron chi connectivity index (χ3n) is 4.74. The van der Waals surface area contributed by atoms with Crippen molar-refractivity contribution in [2.24, 2.45) is 0 Å². The van der Waals surface area contributed by atoms with Gasteiger partial charge in [-0.1, -0.05) is 6.07 Å². The minimum atomic E-state index is -4.75. The number of carbonyl (C=O) groups is 1. The lowest BCUT2D eigenvalue weighted by molar-refractivity contribution is -0.140. The predicted octanol–water partition coefficient (Wildman–Crippen LogP) is 6.48. The fourth-order valence-corrected chi connectivity index (χ4v) is 5.04. The lowest BCUT2D eigenvalue weighted by Crippen LogP contribution is -2.07. The summed E-state index contributed by atoms with van der Waals surface area (Å²) >= 11 is 2.63. The van der Waals surface area contributed by atoms with E-state index in [1.807, 2.05) is 6.07 Å². The van der Waals surface area contributed by atoms with Crippen LogP contribution in [0.3, 0.4) is 0 Å². The molecule has 172 valence electrons. The van der Waals surface area contributed by atoms with Crippen LogP contribution in [0.15, 0.2) is 36.4 Å². The van der Waals surface area contributed by atoms with Crippen molar-refractivity contribution in [1.29, 1.82) is 0 Å². The minimum Gasteiger partial charge on any atom is -0.488 e. The minimum absolute atomic E-state index is 0.0129. The van der Waals surface area contributed by atoms with Crippen LogP contribution in [0.4, 0.5) is 17.6 Å². The number of thiazole rings is 2. The van der Waals surface area contributed by atoms with Gasteiger partial charge in [-0.15, -0.1) is 22.7 Å². The summed E-state index contributed by atoms with van der Waals surface area (Å²) in [6, 6.07) is 8.12. The van der Waals surface area contributed by atoms with Crippen LogP contribution in [-0.4, -0.2) is 21.0 Å². The number of benzene rings is 2. The molecular weight excluding hydrogens is 480 g/mol. The zero-order valence-corrected chi connectivity index (χ0v) is 18.7. The molecule has 0 unspecified atom stereocenters. The molecular formula is C22H16F4N2O3S2. The van der Waals surface area contributed by atoms with Crippen LogP contribution >= 0.6 is 22.7 Å². The molecule has 0 aliphatic heterocycles. The second-order valence-corrected chi connectivity index (χ2v) is 9.34. The summed E-state index contributed by atoms with van der Waals surface area (Å²) < 4.78 is 59.0. The Morgan fingerprint density at radius 3 is 2.61 bits per heavy atom. The normalized spacial score (nSPS) is 11.8. The Kier molecular flexibility index (Phi) is 6.35. The molecule has 2 aromatic heterocycles. The number of hydrogen-bond acceptors (Lipinski definition) is 6. The second-order valence-electron chi connectivity index (χ2n) is 7.14. The van der Waals surface area contributed by atoms with Gasteiger partial charge >= 0.3 is 12.1 Å². The van der Waals surface area contributed by atoms with Gasteiger partial charge < -0.3 is 9.84 Å². The average Bonchev–Trinajstić information content (AvgIpc) is 3.32. The lowest BCUT2D eigenvalue weighted by atomic mass is 10.1. The molecule has 0 saturated carbocycles. The topological polar surface area (TPSA) is 72.3 Å². The Morgan fingerprint density at radius 2 is 1.91 bits per heavy atom. The second kappa shape index (κ2) is 9.06. The van der Waals surface area contributed by atoms with Gasteiger partial charge in [-0.25, -0.2) is 14.4 Å². The number of carboxylic acids is 1. The number of fused-ring (bicyclic) bond motifs is 1. The van der Waals surface area contributed by atoms with Crippen LogP contribution in [-0.2, 0) is 24.0 Å². The summed E-state index contributed by atoms with van der Waals surface area (Å²) in [4.78, 5) is 20.3. The van der Waals surface area contributed by atoms with Gasteiger partial charge in [0.2, 0.25) is 0 Å².